The van der Waals surface area contributed by atoms with Gasteiger partial charge in [-0.25, -0.2) is 9.97 Å². The molecule has 0 bridgehead atoms. The summed E-state index contributed by atoms with van der Waals surface area (Å²) in [5, 5.41) is 2.88. The summed E-state index contributed by atoms with van der Waals surface area (Å²) in [6.45, 7) is 9.92. The summed E-state index contributed by atoms with van der Waals surface area (Å²) >= 11 is 0. The molecule has 1 aromatic heterocycles. The van der Waals surface area contributed by atoms with Gasteiger partial charge in [-0.3, -0.25) is 9.59 Å². The highest BCUT2D eigenvalue weighted by atomic mass is 16.5. The predicted octanol–water partition coefficient (Wildman–Crippen LogP) is 2.94. The van der Waals surface area contributed by atoms with Crippen LogP contribution in [0.2, 0.25) is 0 Å². The third-order valence-corrected chi connectivity index (χ3v) is 4.75. The number of anilines is 1. The Kier molecular flexibility index (Phi) is 6.04. The van der Waals surface area contributed by atoms with Crippen LogP contribution >= 0.6 is 0 Å². The van der Waals surface area contributed by atoms with Gasteiger partial charge in [0.1, 0.15) is 5.82 Å². The first-order valence-corrected chi connectivity index (χ1v) is 9.49. The van der Waals surface area contributed by atoms with E-state index in [1.54, 1.807) is 30.2 Å². The van der Waals surface area contributed by atoms with E-state index in [4.69, 9.17) is 4.74 Å². The minimum atomic E-state index is -0.280. The average Bonchev–Trinajstić information content (AvgIpc) is 2.69. The van der Waals surface area contributed by atoms with Crippen LogP contribution in [0.3, 0.4) is 0 Å². The highest BCUT2D eigenvalue weighted by Crippen LogP contribution is 2.21. The number of morpholine rings is 1. The molecule has 0 saturated carbocycles. The van der Waals surface area contributed by atoms with Crippen LogP contribution in [-0.4, -0.2) is 53.0 Å². The van der Waals surface area contributed by atoms with Crippen LogP contribution in [0, 0.1) is 13.8 Å². The van der Waals surface area contributed by atoms with Gasteiger partial charge in [-0.15, -0.1) is 0 Å². The molecule has 2 heterocycles. The zero-order valence-electron chi connectivity index (χ0n) is 16.8. The van der Waals surface area contributed by atoms with Gasteiger partial charge in [0.05, 0.1) is 24.5 Å². The third-order valence-electron chi connectivity index (χ3n) is 4.75. The molecule has 0 aliphatic carbocycles. The van der Waals surface area contributed by atoms with Crippen LogP contribution in [0.5, 0.6) is 0 Å². The Balaban J connectivity index is 1.83. The molecule has 7 nitrogen and oxygen atoms in total. The van der Waals surface area contributed by atoms with Crippen LogP contribution in [0.25, 0.3) is 0 Å². The molecule has 3 rings (SSSR count). The monoisotopic (exact) mass is 382 g/mol. The van der Waals surface area contributed by atoms with Crippen molar-refractivity contribution in [1.82, 2.24) is 14.9 Å². The maximum atomic E-state index is 12.8. The first-order valence-electron chi connectivity index (χ1n) is 9.49. The molecule has 28 heavy (non-hydrogen) atoms. The van der Waals surface area contributed by atoms with Crippen molar-refractivity contribution in [3.05, 3.63) is 52.6 Å². The molecule has 7 heteroatoms. The fraction of sp³-hybridized carbons (Fsp3) is 0.429. The molecular formula is C21H26N4O3. The molecular weight excluding hydrogens is 356 g/mol. The van der Waals surface area contributed by atoms with Gasteiger partial charge < -0.3 is 15.0 Å². The summed E-state index contributed by atoms with van der Waals surface area (Å²) in [5.74, 6) is 0.406. The predicted molar refractivity (Wildman–Crippen MR) is 107 cm³/mol. The van der Waals surface area contributed by atoms with Crippen molar-refractivity contribution >= 4 is 17.5 Å². The van der Waals surface area contributed by atoms with E-state index < -0.39 is 0 Å². The molecule has 2 amide bonds. The number of nitrogens with zero attached hydrogens (tertiary/aromatic N) is 3. The maximum Gasteiger partial charge on any atom is 0.259 e. The second-order valence-electron chi connectivity index (χ2n) is 7.26. The largest absolute Gasteiger partial charge is 0.378 e. The van der Waals surface area contributed by atoms with E-state index in [9.17, 15) is 9.59 Å². The lowest BCUT2D eigenvalue weighted by Crippen LogP contribution is -2.41. The summed E-state index contributed by atoms with van der Waals surface area (Å²) in [6, 6.07) is 5.38. The zero-order chi connectivity index (χ0) is 20.3. The zero-order valence-corrected chi connectivity index (χ0v) is 16.8. The summed E-state index contributed by atoms with van der Waals surface area (Å²) in [5.41, 5.74) is 3.19. The number of aromatic nitrogens is 2. The normalized spacial score (nSPS) is 14.2. The van der Waals surface area contributed by atoms with Crippen molar-refractivity contribution in [3.8, 4) is 0 Å². The SMILES string of the molecule is Cc1ncc(C(=O)Nc2ccc(C)c(C(=O)N3CCOCC3)c2)c(C(C)C)n1. The molecule has 2 aromatic rings. The number of aryl methyl sites for hydroxylation is 2. The third kappa shape index (κ3) is 4.36. The van der Waals surface area contributed by atoms with Gasteiger partial charge in [-0.05, 0) is 37.5 Å². The quantitative estimate of drug-likeness (QED) is 0.879. The Morgan fingerprint density at radius 3 is 2.54 bits per heavy atom. The lowest BCUT2D eigenvalue weighted by atomic mass is 10.0. The second kappa shape index (κ2) is 8.48. The molecule has 1 N–H and O–H groups in total. The molecule has 1 saturated heterocycles. The van der Waals surface area contributed by atoms with Gasteiger partial charge in [-0.2, -0.15) is 0 Å². The van der Waals surface area contributed by atoms with E-state index in [0.29, 0.717) is 54.6 Å². The molecule has 0 unspecified atom stereocenters. The number of ether oxygens (including phenoxy) is 1. The van der Waals surface area contributed by atoms with Crippen LogP contribution < -0.4 is 5.32 Å². The standard InChI is InChI=1S/C21H26N4O3/c1-13(2)19-18(12-22-15(4)23-19)20(26)24-16-6-5-14(3)17(11-16)21(27)25-7-9-28-10-8-25/h5-6,11-13H,7-10H2,1-4H3,(H,24,26). The second-order valence-corrected chi connectivity index (χ2v) is 7.26. The van der Waals surface area contributed by atoms with Gasteiger partial charge in [0, 0.05) is 30.5 Å². The number of rotatable bonds is 4. The Morgan fingerprint density at radius 1 is 1.14 bits per heavy atom. The number of hydrogen-bond acceptors (Lipinski definition) is 5. The Labute approximate surface area is 165 Å². The fourth-order valence-corrected chi connectivity index (χ4v) is 3.17. The number of carbonyl (C=O) groups excluding carboxylic acids is 2. The molecule has 0 radical (unpaired) electrons. The van der Waals surface area contributed by atoms with E-state index >= 15 is 0 Å². The van der Waals surface area contributed by atoms with Crippen molar-refractivity contribution in [2.24, 2.45) is 0 Å². The number of hydrogen-bond donors (Lipinski definition) is 1. The van der Waals surface area contributed by atoms with E-state index in [-0.39, 0.29) is 17.7 Å². The number of carbonyl (C=O) groups is 2. The summed E-state index contributed by atoms with van der Waals surface area (Å²) in [6.07, 6.45) is 1.56. The van der Waals surface area contributed by atoms with Crippen molar-refractivity contribution in [3.63, 3.8) is 0 Å². The maximum absolute atomic E-state index is 12.8. The van der Waals surface area contributed by atoms with Gasteiger partial charge >= 0.3 is 0 Å². The van der Waals surface area contributed by atoms with E-state index in [2.05, 4.69) is 15.3 Å². The molecule has 1 aromatic carbocycles. The highest BCUT2D eigenvalue weighted by Gasteiger charge is 2.21. The minimum absolute atomic E-state index is 0.0431. The van der Waals surface area contributed by atoms with Gasteiger partial charge in [0.15, 0.2) is 0 Å². The molecule has 0 atom stereocenters. The lowest BCUT2D eigenvalue weighted by Gasteiger charge is -2.27. The number of nitrogens with one attached hydrogen (secondary N) is 1. The topological polar surface area (TPSA) is 84.4 Å². The van der Waals surface area contributed by atoms with Gasteiger partial charge in [-0.1, -0.05) is 19.9 Å². The van der Waals surface area contributed by atoms with Crippen LogP contribution in [-0.2, 0) is 4.74 Å². The number of amides is 2. The fourth-order valence-electron chi connectivity index (χ4n) is 3.17. The number of benzene rings is 1. The van der Waals surface area contributed by atoms with Crippen molar-refractivity contribution in [2.75, 3.05) is 31.6 Å². The van der Waals surface area contributed by atoms with Gasteiger partial charge in [0.25, 0.3) is 11.8 Å². The van der Waals surface area contributed by atoms with E-state index in [1.165, 1.54) is 0 Å². The Bertz CT molecular complexity index is 889. The Morgan fingerprint density at radius 2 is 1.86 bits per heavy atom. The molecule has 1 fully saturated rings. The first-order chi connectivity index (χ1) is 13.4. The minimum Gasteiger partial charge on any atom is -0.378 e. The highest BCUT2D eigenvalue weighted by molar-refractivity contribution is 6.06. The van der Waals surface area contributed by atoms with E-state index in [1.807, 2.05) is 26.8 Å². The van der Waals surface area contributed by atoms with Crippen molar-refractivity contribution in [1.29, 1.82) is 0 Å². The smallest absolute Gasteiger partial charge is 0.259 e. The summed E-state index contributed by atoms with van der Waals surface area (Å²) in [7, 11) is 0. The van der Waals surface area contributed by atoms with Crippen molar-refractivity contribution in [2.45, 2.75) is 33.6 Å². The average molecular weight is 382 g/mol. The van der Waals surface area contributed by atoms with Crippen LogP contribution in [0.15, 0.2) is 24.4 Å². The van der Waals surface area contributed by atoms with E-state index in [0.717, 1.165) is 5.56 Å². The summed E-state index contributed by atoms with van der Waals surface area (Å²) in [4.78, 5) is 36.0. The van der Waals surface area contributed by atoms with Crippen molar-refractivity contribution < 1.29 is 14.3 Å². The van der Waals surface area contributed by atoms with Crippen LogP contribution in [0.4, 0.5) is 5.69 Å². The van der Waals surface area contributed by atoms with Gasteiger partial charge in [0.2, 0.25) is 0 Å². The van der Waals surface area contributed by atoms with Crippen LogP contribution in [0.1, 0.15) is 57.6 Å². The molecule has 0 spiro atoms. The lowest BCUT2D eigenvalue weighted by molar-refractivity contribution is 0.0302. The molecule has 1 aliphatic rings. The first kappa shape index (κ1) is 19.9. The molecule has 148 valence electrons. The Hall–Kier alpha value is -2.80. The molecule has 1 aliphatic heterocycles. The summed E-state index contributed by atoms with van der Waals surface area (Å²) < 4.78 is 5.32.